The van der Waals surface area contributed by atoms with Crippen LogP contribution < -0.4 is 5.32 Å². The van der Waals surface area contributed by atoms with Gasteiger partial charge in [0.15, 0.2) is 5.75 Å². The molecule has 0 bridgehead atoms. The van der Waals surface area contributed by atoms with E-state index in [4.69, 9.17) is 11.6 Å². The molecule has 3 nitrogen and oxygen atoms in total. The standard InChI is InChI=1S/C24H39ClNO2/c1-2-3-4-5-6-7-8-9-10-11-12-13-14-15-16-20-23(27)26-22-19-17-18-21(25)24(22)28/h18-19,28H,2-16,20H2,1H3,(H,26,27). The van der Waals surface area contributed by atoms with Crippen molar-refractivity contribution in [2.24, 2.45) is 0 Å². The van der Waals surface area contributed by atoms with Crippen molar-refractivity contribution in [3.8, 4) is 5.75 Å². The van der Waals surface area contributed by atoms with Crippen molar-refractivity contribution in [2.75, 3.05) is 5.32 Å². The predicted octanol–water partition coefficient (Wildman–Crippen LogP) is 8.05. The lowest BCUT2D eigenvalue weighted by molar-refractivity contribution is -0.116. The first-order chi connectivity index (χ1) is 13.6. The van der Waals surface area contributed by atoms with E-state index in [2.05, 4.69) is 18.3 Å². The molecule has 1 aromatic rings. The van der Waals surface area contributed by atoms with E-state index in [0.29, 0.717) is 12.1 Å². The van der Waals surface area contributed by atoms with Crippen LogP contribution in [0.2, 0.25) is 5.02 Å². The molecule has 1 amide bonds. The first kappa shape index (κ1) is 24.8. The fourth-order valence-corrected chi connectivity index (χ4v) is 3.59. The minimum Gasteiger partial charge on any atom is -0.504 e. The number of anilines is 1. The molecule has 0 spiro atoms. The third-order valence-electron chi connectivity index (χ3n) is 5.20. The molecule has 0 unspecified atom stereocenters. The van der Waals surface area contributed by atoms with Gasteiger partial charge in [-0.2, -0.15) is 0 Å². The summed E-state index contributed by atoms with van der Waals surface area (Å²) in [5, 5.41) is 12.7. The monoisotopic (exact) mass is 408 g/mol. The van der Waals surface area contributed by atoms with E-state index >= 15 is 0 Å². The lowest BCUT2D eigenvalue weighted by Crippen LogP contribution is -2.11. The van der Waals surface area contributed by atoms with E-state index in [9.17, 15) is 9.90 Å². The summed E-state index contributed by atoms with van der Waals surface area (Å²) in [5.41, 5.74) is 0.332. The van der Waals surface area contributed by atoms with Crippen LogP contribution in [0.15, 0.2) is 12.1 Å². The number of hydrogen-bond donors (Lipinski definition) is 2. The maximum atomic E-state index is 11.9. The molecule has 1 rings (SSSR count). The highest BCUT2D eigenvalue weighted by molar-refractivity contribution is 6.32. The molecule has 0 atom stereocenters. The molecule has 0 aromatic heterocycles. The summed E-state index contributed by atoms with van der Waals surface area (Å²) in [5.74, 6) is -0.175. The number of aromatic hydroxyl groups is 1. The first-order valence-electron chi connectivity index (χ1n) is 11.3. The van der Waals surface area contributed by atoms with E-state index in [0.717, 1.165) is 12.8 Å². The largest absolute Gasteiger partial charge is 0.504 e. The van der Waals surface area contributed by atoms with Gasteiger partial charge in [0.1, 0.15) is 0 Å². The number of benzene rings is 1. The van der Waals surface area contributed by atoms with Gasteiger partial charge in [-0.25, -0.2) is 0 Å². The lowest BCUT2D eigenvalue weighted by atomic mass is 10.0. The van der Waals surface area contributed by atoms with Crippen molar-refractivity contribution in [2.45, 2.75) is 110 Å². The molecule has 0 aliphatic heterocycles. The number of carbonyl (C=O) groups excluding carboxylic acids is 1. The topological polar surface area (TPSA) is 49.3 Å². The molecular formula is C24H39ClNO2. The van der Waals surface area contributed by atoms with Crippen molar-refractivity contribution >= 4 is 23.2 Å². The number of phenols is 1. The number of carbonyl (C=O) groups is 1. The second-order valence-electron chi connectivity index (χ2n) is 7.81. The van der Waals surface area contributed by atoms with Crippen LogP contribution in [0.25, 0.3) is 0 Å². The Hall–Kier alpha value is -1.22. The van der Waals surface area contributed by atoms with Crippen molar-refractivity contribution in [3.05, 3.63) is 23.2 Å². The van der Waals surface area contributed by atoms with Gasteiger partial charge in [0.2, 0.25) is 5.91 Å². The molecule has 1 radical (unpaired) electrons. The molecule has 1 aromatic carbocycles. The van der Waals surface area contributed by atoms with Gasteiger partial charge in [0.05, 0.1) is 10.7 Å². The summed E-state index contributed by atoms with van der Waals surface area (Å²) in [6, 6.07) is 5.80. The molecule has 0 fully saturated rings. The van der Waals surface area contributed by atoms with Gasteiger partial charge in [0, 0.05) is 6.42 Å². The minimum atomic E-state index is -0.0924. The van der Waals surface area contributed by atoms with E-state index in [1.807, 2.05) is 0 Å². The van der Waals surface area contributed by atoms with Crippen molar-refractivity contribution in [3.63, 3.8) is 0 Å². The highest BCUT2D eigenvalue weighted by Gasteiger charge is 2.08. The minimum absolute atomic E-state index is 0.0827. The van der Waals surface area contributed by atoms with Gasteiger partial charge < -0.3 is 10.4 Å². The van der Waals surface area contributed by atoms with Crippen molar-refractivity contribution in [1.29, 1.82) is 0 Å². The fraction of sp³-hybridized carbons (Fsp3) is 0.708. The number of nitrogens with one attached hydrogen (secondary N) is 1. The molecule has 0 aliphatic carbocycles. The molecule has 28 heavy (non-hydrogen) atoms. The van der Waals surface area contributed by atoms with Gasteiger partial charge in [-0.05, 0) is 24.6 Å². The van der Waals surface area contributed by atoms with E-state index in [1.165, 1.54) is 95.6 Å². The van der Waals surface area contributed by atoms with Crippen LogP contribution in [0.4, 0.5) is 5.69 Å². The summed E-state index contributed by atoms with van der Waals surface area (Å²) in [6.07, 6.45) is 20.1. The van der Waals surface area contributed by atoms with Gasteiger partial charge in [-0.3, -0.25) is 4.79 Å². The lowest BCUT2D eigenvalue weighted by Gasteiger charge is -2.08. The maximum Gasteiger partial charge on any atom is 0.224 e. The second-order valence-corrected chi connectivity index (χ2v) is 8.22. The Morgan fingerprint density at radius 1 is 0.857 bits per heavy atom. The Morgan fingerprint density at radius 3 is 1.82 bits per heavy atom. The molecule has 4 heteroatoms. The summed E-state index contributed by atoms with van der Waals surface area (Å²) >= 11 is 5.81. The SMILES string of the molecule is CCCCCCCCCCCCCCCCCC(=O)Nc1c[c]cc(Cl)c1O. The normalized spacial score (nSPS) is 10.9. The molecule has 0 saturated carbocycles. The highest BCUT2D eigenvalue weighted by Crippen LogP contribution is 2.31. The van der Waals surface area contributed by atoms with Crippen LogP contribution in [0.1, 0.15) is 110 Å². The summed E-state index contributed by atoms with van der Waals surface area (Å²) in [4.78, 5) is 11.9. The van der Waals surface area contributed by atoms with Gasteiger partial charge in [-0.1, -0.05) is 108 Å². The Kier molecular flexibility index (Phi) is 14.8. The Bertz CT molecular complexity index is 533. The number of unbranched alkanes of at least 4 members (excludes halogenated alkanes) is 14. The van der Waals surface area contributed by atoms with Gasteiger partial charge in [-0.15, -0.1) is 0 Å². The smallest absolute Gasteiger partial charge is 0.224 e. The van der Waals surface area contributed by atoms with Crippen molar-refractivity contribution in [1.82, 2.24) is 0 Å². The third kappa shape index (κ3) is 12.3. The number of amides is 1. The fourth-order valence-electron chi connectivity index (χ4n) is 3.43. The van der Waals surface area contributed by atoms with E-state index in [1.54, 1.807) is 0 Å². The van der Waals surface area contributed by atoms with Crippen LogP contribution in [0.5, 0.6) is 5.75 Å². The third-order valence-corrected chi connectivity index (χ3v) is 5.49. The Labute approximate surface area is 177 Å². The zero-order chi connectivity index (χ0) is 20.5. The van der Waals surface area contributed by atoms with Crippen LogP contribution >= 0.6 is 11.6 Å². The first-order valence-corrected chi connectivity index (χ1v) is 11.7. The number of phenolic OH excluding ortho intramolecular Hbond substituents is 1. The number of halogens is 1. The molecule has 0 saturated heterocycles. The molecule has 0 heterocycles. The number of rotatable bonds is 17. The quantitative estimate of drug-likeness (QED) is 0.202. The van der Waals surface area contributed by atoms with Crippen LogP contribution in [-0.2, 0) is 4.79 Å². The molecular weight excluding hydrogens is 370 g/mol. The second kappa shape index (κ2) is 16.7. The summed E-state index contributed by atoms with van der Waals surface area (Å²) in [7, 11) is 0. The van der Waals surface area contributed by atoms with Crippen LogP contribution in [0, 0.1) is 6.07 Å². The molecule has 2 N–H and O–H groups in total. The van der Waals surface area contributed by atoms with Crippen LogP contribution in [-0.4, -0.2) is 11.0 Å². The van der Waals surface area contributed by atoms with E-state index in [-0.39, 0.29) is 16.7 Å². The number of hydrogen-bond acceptors (Lipinski definition) is 2. The van der Waals surface area contributed by atoms with Gasteiger partial charge >= 0.3 is 0 Å². The average molecular weight is 409 g/mol. The average Bonchev–Trinajstić information content (AvgIpc) is 2.68. The summed E-state index contributed by atoms with van der Waals surface area (Å²) < 4.78 is 0. The highest BCUT2D eigenvalue weighted by atomic mass is 35.5. The Balaban J connectivity index is 1.87. The van der Waals surface area contributed by atoms with Crippen LogP contribution in [0.3, 0.4) is 0 Å². The van der Waals surface area contributed by atoms with E-state index < -0.39 is 0 Å². The zero-order valence-corrected chi connectivity index (χ0v) is 18.5. The zero-order valence-electron chi connectivity index (χ0n) is 17.7. The summed E-state index contributed by atoms with van der Waals surface area (Å²) in [6.45, 7) is 2.27. The molecule has 0 aliphatic rings. The molecule has 159 valence electrons. The predicted molar refractivity (Wildman–Crippen MR) is 120 cm³/mol. The Morgan fingerprint density at radius 2 is 1.32 bits per heavy atom. The van der Waals surface area contributed by atoms with Gasteiger partial charge in [0.25, 0.3) is 0 Å². The van der Waals surface area contributed by atoms with Crippen molar-refractivity contribution < 1.29 is 9.90 Å². The maximum absolute atomic E-state index is 11.9.